The molecule has 0 aromatic heterocycles. The van der Waals surface area contributed by atoms with Crippen molar-refractivity contribution < 1.29 is 44.2 Å². The summed E-state index contributed by atoms with van der Waals surface area (Å²) in [6.07, 6.45) is 0. The molecule has 5 heavy (non-hydrogen) atoms. The van der Waals surface area contributed by atoms with E-state index in [0.717, 1.165) is 0 Å². The molecule has 0 aliphatic rings. The molecule has 0 aliphatic heterocycles. The first-order valence-electron chi connectivity index (χ1n) is 0.548. The second-order valence-corrected chi connectivity index (χ2v) is 0.671. The molecule has 0 fully saturated rings. The third-order valence-corrected chi connectivity index (χ3v) is 0. The molecule has 0 saturated carbocycles. The molecule has 0 N–H and O–H groups in total. The SMILES string of the molecule is [Na+].[O-]P([O-])[O-]. The molecule has 0 spiro atoms. The molecule has 0 radical (unpaired) electrons. The van der Waals surface area contributed by atoms with Crippen LogP contribution < -0.4 is 44.2 Å². The quantitative estimate of drug-likeness (QED) is 0.226. The number of rotatable bonds is 0. The van der Waals surface area contributed by atoms with Gasteiger partial charge in [-0.05, 0) is 0 Å². The van der Waals surface area contributed by atoms with Gasteiger partial charge in [0.2, 0.25) is 0 Å². The third kappa shape index (κ3) is 33.9. The van der Waals surface area contributed by atoms with Crippen LogP contribution in [0.15, 0.2) is 0 Å². The summed E-state index contributed by atoms with van der Waals surface area (Å²) < 4.78 is 0. The van der Waals surface area contributed by atoms with E-state index in [-0.39, 0.29) is 29.6 Å². The average molecular weight is 102 g/mol. The summed E-state index contributed by atoms with van der Waals surface area (Å²) in [6, 6.07) is 0. The van der Waals surface area contributed by atoms with Crippen molar-refractivity contribution in [1.82, 2.24) is 0 Å². The maximum absolute atomic E-state index is 8.48. The van der Waals surface area contributed by atoms with Crippen LogP contribution in [0.4, 0.5) is 0 Å². The minimum atomic E-state index is -3.37. The summed E-state index contributed by atoms with van der Waals surface area (Å²) in [5, 5.41) is 0. The van der Waals surface area contributed by atoms with E-state index < -0.39 is 8.60 Å². The average Bonchev–Trinajstić information content (AvgIpc) is 0.811. The summed E-state index contributed by atoms with van der Waals surface area (Å²) in [4.78, 5) is 25.4. The van der Waals surface area contributed by atoms with E-state index in [9.17, 15) is 0 Å². The molecule has 0 atom stereocenters. The monoisotopic (exact) mass is 102 g/mol. The molecule has 0 heterocycles. The summed E-state index contributed by atoms with van der Waals surface area (Å²) >= 11 is 0. The smallest absolute Gasteiger partial charge is 0.854 e. The van der Waals surface area contributed by atoms with Crippen molar-refractivity contribution in [3.8, 4) is 0 Å². The summed E-state index contributed by atoms with van der Waals surface area (Å²) in [6.45, 7) is 0. The zero-order valence-electron chi connectivity index (χ0n) is 2.67. The van der Waals surface area contributed by atoms with E-state index >= 15 is 0 Å². The van der Waals surface area contributed by atoms with Gasteiger partial charge in [-0.3, -0.25) is 0 Å². The normalized spacial score (nSPS) is 7.20. The zero-order valence-corrected chi connectivity index (χ0v) is 5.57. The van der Waals surface area contributed by atoms with Crippen molar-refractivity contribution >= 4 is 8.60 Å². The fourth-order valence-electron chi connectivity index (χ4n) is 0. The van der Waals surface area contributed by atoms with E-state index in [0.29, 0.717) is 0 Å². The molecule has 0 unspecified atom stereocenters. The van der Waals surface area contributed by atoms with Gasteiger partial charge in [0.1, 0.15) is 0 Å². The molecular formula is NaO3P-2. The third-order valence-electron chi connectivity index (χ3n) is 0. The Bertz CT molecular complexity index is 11.6. The molecule has 0 rings (SSSR count). The summed E-state index contributed by atoms with van der Waals surface area (Å²) in [7, 11) is -3.37. The molecule has 0 aromatic rings. The van der Waals surface area contributed by atoms with Gasteiger partial charge in [-0.25, -0.2) is 0 Å². The Balaban J connectivity index is 0. The van der Waals surface area contributed by atoms with Gasteiger partial charge < -0.3 is 23.3 Å². The Morgan fingerprint density at radius 3 is 1.00 bits per heavy atom. The van der Waals surface area contributed by atoms with Crippen molar-refractivity contribution in [2.24, 2.45) is 0 Å². The molecular weight excluding hydrogens is 102 g/mol. The maximum Gasteiger partial charge on any atom is 1.00 e. The minimum Gasteiger partial charge on any atom is -0.854 e. The van der Waals surface area contributed by atoms with E-state index in [4.69, 9.17) is 14.7 Å². The minimum absolute atomic E-state index is 0. The van der Waals surface area contributed by atoms with Gasteiger partial charge in [0, 0.05) is 0 Å². The Hall–Kier alpha value is 1.31. The van der Waals surface area contributed by atoms with Crippen molar-refractivity contribution in [2.45, 2.75) is 0 Å². The second kappa shape index (κ2) is 5.31. The van der Waals surface area contributed by atoms with E-state index in [1.807, 2.05) is 0 Å². The molecule has 0 aromatic carbocycles. The van der Waals surface area contributed by atoms with Crippen LogP contribution in [-0.4, -0.2) is 0 Å². The first-order valence-corrected chi connectivity index (χ1v) is 1.64. The Morgan fingerprint density at radius 2 is 1.00 bits per heavy atom. The Kier molecular flexibility index (Phi) is 10.2. The standard InChI is InChI=1S/Na.O3P/c;1-4(2)3/q+1;-3. The molecule has 0 amide bonds. The largest absolute Gasteiger partial charge is 1.00 e. The molecule has 0 saturated heterocycles. The van der Waals surface area contributed by atoms with Gasteiger partial charge in [0.25, 0.3) is 0 Å². The first kappa shape index (κ1) is 9.58. The fourth-order valence-corrected chi connectivity index (χ4v) is 0. The fraction of sp³-hybridized carbons (Fsp3) is 0. The van der Waals surface area contributed by atoms with Crippen LogP contribution in [0.3, 0.4) is 0 Å². The molecule has 0 bridgehead atoms. The Morgan fingerprint density at radius 1 is 1.00 bits per heavy atom. The van der Waals surface area contributed by atoms with Gasteiger partial charge in [-0.1, -0.05) is 0 Å². The molecule has 0 aliphatic carbocycles. The van der Waals surface area contributed by atoms with E-state index in [2.05, 4.69) is 0 Å². The van der Waals surface area contributed by atoms with Crippen LogP contribution in [0.25, 0.3) is 0 Å². The second-order valence-electron chi connectivity index (χ2n) is 0.224. The molecule has 26 valence electrons. The van der Waals surface area contributed by atoms with Crippen molar-refractivity contribution in [1.29, 1.82) is 0 Å². The molecule has 3 nitrogen and oxygen atoms in total. The summed E-state index contributed by atoms with van der Waals surface area (Å²) in [5.41, 5.74) is 0. The maximum atomic E-state index is 8.48. The van der Waals surface area contributed by atoms with Gasteiger partial charge in [-0.2, -0.15) is 0 Å². The molecule has 5 heteroatoms. The van der Waals surface area contributed by atoms with E-state index in [1.165, 1.54) is 0 Å². The first-order chi connectivity index (χ1) is 1.73. The van der Waals surface area contributed by atoms with Crippen LogP contribution in [0, 0.1) is 0 Å². The van der Waals surface area contributed by atoms with Crippen LogP contribution in [0.2, 0.25) is 0 Å². The number of hydrogen-bond donors (Lipinski definition) is 0. The van der Waals surface area contributed by atoms with Crippen LogP contribution in [0.1, 0.15) is 0 Å². The summed E-state index contributed by atoms with van der Waals surface area (Å²) in [5.74, 6) is 0. The predicted octanol–water partition coefficient (Wildman–Crippen LogP) is -5.70. The van der Waals surface area contributed by atoms with Crippen molar-refractivity contribution in [3.63, 3.8) is 0 Å². The van der Waals surface area contributed by atoms with Gasteiger partial charge in [0.15, 0.2) is 0 Å². The van der Waals surface area contributed by atoms with Crippen LogP contribution >= 0.6 is 8.60 Å². The van der Waals surface area contributed by atoms with E-state index in [1.54, 1.807) is 0 Å². The van der Waals surface area contributed by atoms with Crippen molar-refractivity contribution in [2.75, 3.05) is 0 Å². The van der Waals surface area contributed by atoms with Gasteiger partial charge in [-0.15, -0.1) is 0 Å². The predicted molar refractivity (Wildman–Crippen MR) is 6.92 cm³/mol. The Labute approximate surface area is 52.9 Å². The van der Waals surface area contributed by atoms with Gasteiger partial charge >= 0.3 is 29.6 Å². The topological polar surface area (TPSA) is 69.2 Å². The number of hydrogen-bond acceptors (Lipinski definition) is 3. The van der Waals surface area contributed by atoms with Crippen molar-refractivity contribution in [3.05, 3.63) is 0 Å². The zero-order chi connectivity index (χ0) is 3.58. The van der Waals surface area contributed by atoms with Gasteiger partial charge in [0.05, 0.1) is 0 Å². The van der Waals surface area contributed by atoms with Crippen LogP contribution in [0.5, 0.6) is 0 Å². The van der Waals surface area contributed by atoms with Crippen LogP contribution in [-0.2, 0) is 0 Å².